The molecule has 118 valence electrons. The molecule has 4 unspecified atom stereocenters. The lowest BCUT2D eigenvalue weighted by Crippen LogP contribution is -2.31. The van der Waals surface area contributed by atoms with Gasteiger partial charge in [0.15, 0.2) is 23.6 Å². The molecule has 0 radical (unpaired) electrons. The van der Waals surface area contributed by atoms with Crippen LogP contribution in [0.1, 0.15) is 31.7 Å². The van der Waals surface area contributed by atoms with E-state index in [-0.39, 0.29) is 11.0 Å². The van der Waals surface area contributed by atoms with Crippen LogP contribution in [-0.2, 0) is 19.1 Å². The molecular formula is C17H20O4S. The van der Waals surface area contributed by atoms with Crippen molar-refractivity contribution in [3.05, 3.63) is 35.9 Å². The van der Waals surface area contributed by atoms with Gasteiger partial charge in [0, 0.05) is 17.6 Å². The lowest BCUT2D eigenvalue weighted by molar-refractivity contribution is -0.147. The van der Waals surface area contributed by atoms with Crippen LogP contribution in [0.5, 0.6) is 0 Å². The average molecular weight is 320 g/mol. The summed E-state index contributed by atoms with van der Waals surface area (Å²) in [7, 11) is 0. The first-order chi connectivity index (χ1) is 10.5. The highest BCUT2D eigenvalue weighted by Crippen LogP contribution is 2.29. The molecular weight excluding hydrogens is 300 g/mol. The van der Waals surface area contributed by atoms with Crippen LogP contribution in [0.3, 0.4) is 0 Å². The van der Waals surface area contributed by atoms with Crippen molar-refractivity contribution in [2.45, 2.75) is 37.5 Å². The summed E-state index contributed by atoms with van der Waals surface area (Å²) in [5.74, 6) is -3.23. The molecule has 1 heterocycles. The second-order valence-corrected chi connectivity index (χ2v) is 6.85. The third-order valence-corrected chi connectivity index (χ3v) is 5.05. The van der Waals surface area contributed by atoms with Gasteiger partial charge in [-0.1, -0.05) is 44.2 Å². The van der Waals surface area contributed by atoms with Gasteiger partial charge in [-0.05, 0) is 11.8 Å². The Morgan fingerprint density at radius 3 is 2.45 bits per heavy atom. The molecule has 22 heavy (non-hydrogen) atoms. The normalized spacial score (nSPS) is 24.0. The van der Waals surface area contributed by atoms with Gasteiger partial charge in [-0.25, -0.2) is 0 Å². The molecule has 0 aliphatic carbocycles. The van der Waals surface area contributed by atoms with Crippen molar-refractivity contribution < 1.29 is 19.1 Å². The fourth-order valence-electron chi connectivity index (χ4n) is 2.54. The molecule has 2 rings (SSSR count). The molecule has 0 N–H and O–H groups in total. The topological polar surface area (TPSA) is 60.4 Å². The van der Waals surface area contributed by atoms with Crippen LogP contribution in [0.25, 0.3) is 0 Å². The van der Waals surface area contributed by atoms with Crippen molar-refractivity contribution in [1.82, 2.24) is 0 Å². The van der Waals surface area contributed by atoms with Crippen LogP contribution in [0.4, 0.5) is 0 Å². The summed E-state index contributed by atoms with van der Waals surface area (Å²) in [5.41, 5.74) is 0.800. The van der Waals surface area contributed by atoms with Gasteiger partial charge in [0.2, 0.25) is 0 Å². The lowest BCUT2D eigenvalue weighted by Gasteiger charge is -2.13. The highest BCUT2D eigenvalue weighted by molar-refractivity contribution is 7.99. The van der Waals surface area contributed by atoms with E-state index in [2.05, 4.69) is 0 Å². The van der Waals surface area contributed by atoms with E-state index in [0.717, 1.165) is 5.56 Å². The van der Waals surface area contributed by atoms with Crippen molar-refractivity contribution in [3.8, 4) is 0 Å². The number of esters is 1. The summed E-state index contributed by atoms with van der Waals surface area (Å²) in [6.45, 7) is 3.68. The van der Waals surface area contributed by atoms with Crippen molar-refractivity contribution in [2.24, 2.45) is 5.92 Å². The molecule has 0 saturated carbocycles. The maximum Gasteiger partial charge on any atom is 0.325 e. The van der Waals surface area contributed by atoms with Crippen LogP contribution in [0.15, 0.2) is 30.3 Å². The van der Waals surface area contributed by atoms with E-state index in [4.69, 9.17) is 4.74 Å². The van der Waals surface area contributed by atoms with E-state index in [1.54, 1.807) is 18.7 Å². The largest absolute Gasteiger partial charge is 0.453 e. The Morgan fingerprint density at radius 2 is 1.86 bits per heavy atom. The van der Waals surface area contributed by atoms with Gasteiger partial charge in [0.25, 0.3) is 0 Å². The van der Waals surface area contributed by atoms with Gasteiger partial charge in [-0.15, -0.1) is 0 Å². The summed E-state index contributed by atoms with van der Waals surface area (Å²) in [6, 6.07) is 9.16. The minimum atomic E-state index is -1.27. The van der Waals surface area contributed by atoms with Crippen LogP contribution in [0, 0.1) is 5.92 Å². The van der Waals surface area contributed by atoms with Crippen molar-refractivity contribution in [3.63, 3.8) is 0 Å². The lowest BCUT2D eigenvalue weighted by atomic mass is 9.86. The van der Waals surface area contributed by atoms with Gasteiger partial charge in [-0.2, -0.15) is 11.8 Å². The molecule has 0 amide bonds. The first kappa shape index (κ1) is 16.7. The van der Waals surface area contributed by atoms with E-state index in [1.807, 2.05) is 43.5 Å². The standard InChI is InChI=1S/C17H20O4S/c1-10(22-3)9-13-16(19)14(17(20)21-13)15(18)11(2)12-7-5-4-6-8-12/h4-8,10-11,13-14H,9H2,1-3H3. The predicted octanol–water partition coefficient (Wildman–Crippen LogP) is 2.61. The van der Waals surface area contributed by atoms with E-state index in [9.17, 15) is 14.4 Å². The summed E-state index contributed by atoms with van der Waals surface area (Å²) in [5, 5.41) is 0.196. The molecule has 1 saturated heterocycles. The summed E-state index contributed by atoms with van der Waals surface area (Å²) in [4.78, 5) is 36.9. The molecule has 1 aromatic rings. The summed E-state index contributed by atoms with van der Waals surface area (Å²) < 4.78 is 5.14. The van der Waals surface area contributed by atoms with E-state index in [1.165, 1.54) is 0 Å². The van der Waals surface area contributed by atoms with Gasteiger partial charge in [0.05, 0.1) is 0 Å². The van der Waals surface area contributed by atoms with Crippen LogP contribution in [0.2, 0.25) is 0 Å². The number of rotatable bonds is 6. The zero-order valence-electron chi connectivity index (χ0n) is 12.9. The van der Waals surface area contributed by atoms with E-state index in [0.29, 0.717) is 6.42 Å². The van der Waals surface area contributed by atoms with Crippen molar-refractivity contribution >= 4 is 29.3 Å². The molecule has 1 fully saturated rings. The minimum absolute atomic E-state index is 0.196. The highest BCUT2D eigenvalue weighted by Gasteiger charge is 2.49. The maximum absolute atomic E-state index is 12.5. The number of thioether (sulfide) groups is 1. The Balaban J connectivity index is 2.13. The number of cyclic esters (lactones) is 1. The Labute approximate surface area is 134 Å². The summed E-state index contributed by atoms with van der Waals surface area (Å²) in [6.07, 6.45) is 1.60. The zero-order chi connectivity index (χ0) is 16.3. The quantitative estimate of drug-likeness (QED) is 0.595. The second kappa shape index (κ2) is 7.09. The fourth-order valence-corrected chi connectivity index (χ4v) is 2.91. The number of hydrogen-bond acceptors (Lipinski definition) is 5. The van der Waals surface area contributed by atoms with Crippen molar-refractivity contribution in [2.75, 3.05) is 6.26 Å². The third-order valence-electron chi connectivity index (χ3n) is 4.06. The molecule has 4 atom stereocenters. The second-order valence-electron chi connectivity index (χ2n) is 5.58. The maximum atomic E-state index is 12.5. The van der Waals surface area contributed by atoms with Crippen LogP contribution in [-0.4, -0.2) is 35.1 Å². The molecule has 0 bridgehead atoms. The number of Topliss-reactive ketones (excluding diaryl/α,β-unsaturated/α-hetero) is 2. The molecule has 0 spiro atoms. The predicted molar refractivity (Wildman–Crippen MR) is 85.8 cm³/mol. The van der Waals surface area contributed by atoms with Gasteiger partial charge < -0.3 is 4.74 Å². The molecule has 4 nitrogen and oxygen atoms in total. The Hall–Kier alpha value is -1.62. The Kier molecular flexibility index (Phi) is 5.40. The third kappa shape index (κ3) is 3.40. The van der Waals surface area contributed by atoms with E-state index < -0.39 is 29.7 Å². The molecule has 1 aromatic carbocycles. The molecule has 5 heteroatoms. The van der Waals surface area contributed by atoms with Crippen LogP contribution >= 0.6 is 11.8 Å². The van der Waals surface area contributed by atoms with Crippen LogP contribution < -0.4 is 0 Å². The first-order valence-corrected chi connectivity index (χ1v) is 8.60. The number of carbonyl (C=O) groups excluding carboxylic acids is 3. The van der Waals surface area contributed by atoms with Gasteiger partial charge in [-0.3, -0.25) is 14.4 Å². The molecule has 0 aromatic heterocycles. The highest BCUT2D eigenvalue weighted by atomic mass is 32.2. The minimum Gasteiger partial charge on any atom is -0.453 e. The monoisotopic (exact) mass is 320 g/mol. The first-order valence-electron chi connectivity index (χ1n) is 7.31. The number of hydrogen-bond donors (Lipinski definition) is 0. The number of ether oxygens (including phenoxy) is 1. The summed E-state index contributed by atoms with van der Waals surface area (Å²) >= 11 is 1.60. The van der Waals surface area contributed by atoms with Gasteiger partial charge >= 0.3 is 5.97 Å². The fraction of sp³-hybridized carbons (Fsp3) is 0.471. The smallest absolute Gasteiger partial charge is 0.325 e. The average Bonchev–Trinajstić information content (AvgIpc) is 2.80. The SMILES string of the molecule is CSC(C)CC1OC(=O)C(C(=O)C(C)c2ccccc2)C1=O. The number of benzene rings is 1. The number of ketones is 2. The molecule has 1 aliphatic rings. The van der Waals surface area contributed by atoms with Gasteiger partial charge in [0.1, 0.15) is 0 Å². The van der Waals surface area contributed by atoms with Crippen molar-refractivity contribution in [1.29, 1.82) is 0 Å². The molecule has 1 aliphatic heterocycles. The number of carbonyl (C=O) groups is 3. The Morgan fingerprint density at radius 1 is 1.23 bits per heavy atom. The van der Waals surface area contributed by atoms with E-state index >= 15 is 0 Å². The Bertz CT molecular complexity index is 569. The zero-order valence-corrected chi connectivity index (χ0v) is 13.8.